The Labute approximate surface area is 146 Å². The molecule has 1 atom stereocenters. The molecule has 0 fully saturated rings. The van der Waals surface area contributed by atoms with Gasteiger partial charge in [-0.15, -0.1) is 0 Å². The Bertz CT molecular complexity index is 872. The lowest BCUT2D eigenvalue weighted by atomic mass is 10.0. The number of nitrogens with zero attached hydrogens (tertiary/aromatic N) is 2. The molecule has 0 aliphatic rings. The van der Waals surface area contributed by atoms with Gasteiger partial charge in [0.1, 0.15) is 5.75 Å². The van der Waals surface area contributed by atoms with E-state index < -0.39 is 0 Å². The SMILES string of the molecule is COc1ccccc1[C@H](CNC(=O)c1ccc2[nH]ncc2c1)N(C)C. The number of fused-ring (bicyclic) bond motifs is 1. The minimum atomic E-state index is -0.107. The molecule has 6 heteroatoms. The number of likely N-dealkylation sites (N-methyl/N-ethyl adjacent to an activating group) is 1. The van der Waals surface area contributed by atoms with E-state index in [-0.39, 0.29) is 11.9 Å². The molecule has 130 valence electrons. The number of para-hydroxylation sites is 1. The number of hydrogen-bond donors (Lipinski definition) is 2. The van der Waals surface area contributed by atoms with Gasteiger partial charge in [-0.2, -0.15) is 5.10 Å². The lowest BCUT2D eigenvalue weighted by Gasteiger charge is -2.26. The van der Waals surface area contributed by atoms with Crippen molar-refractivity contribution in [3.8, 4) is 5.75 Å². The van der Waals surface area contributed by atoms with E-state index in [1.807, 2.05) is 50.5 Å². The van der Waals surface area contributed by atoms with Crippen molar-refractivity contribution < 1.29 is 9.53 Å². The van der Waals surface area contributed by atoms with Crippen LogP contribution in [0.3, 0.4) is 0 Å². The summed E-state index contributed by atoms with van der Waals surface area (Å²) in [7, 11) is 5.63. The Morgan fingerprint density at radius 2 is 2.08 bits per heavy atom. The molecule has 2 aromatic carbocycles. The Kier molecular flexibility index (Phi) is 5.00. The van der Waals surface area contributed by atoms with Gasteiger partial charge in [0, 0.05) is 23.1 Å². The minimum Gasteiger partial charge on any atom is -0.496 e. The maximum Gasteiger partial charge on any atom is 0.251 e. The van der Waals surface area contributed by atoms with Gasteiger partial charge in [0.15, 0.2) is 0 Å². The third kappa shape index (κ3) is 3.64. The number of rotatable bonds is 6. The van der Waals surface area contributed by atoms with Crippen LogP contribution in [0.1, 0.15) is 22.0 Å². The molecule has 1 heterocycles. The van der Waals surface area contributed by atoms with Gasteiger partial charge in [-0.05, 0) is 38.4 Å². The van der Waals surface area contributed by atoms with Crippen molar-refractivity contribution in [3.63, 3.8) is 0 Å². The Balaban J connectivity index is 1.75. The van der Waals surface area contributed by atoms with E-state index in [1.54, 1.807) is 19.4 Å². The number of nitrogens with one attached hydrogen (secondary N) is 2. The first-order valence-corrected chi connectivity index (χ1v) is 8.11. The van der Waals surface area contributed by atoms with Gasteiger partial charge in [-0.25, -0.2) is 0 Å². The fraction of sp³-hybridized carbons (Fsp3) is 0.263. The summed E-state index contributed by atoms with van der Waals surface area (Å²) in [6.07, 6.45) is 1.71. The van der Waals surface area contributed by atoms with Crippen LogP contribution in [0.5, 0.6) is 5.75 Å². The zero-order valence-corrected chi connectivity index (χ0v) is 14.6. The standard InChI is InChI=1S/C19H22N4O2/c1-23(2)17(15-6-4-5-7-18(15)25-3)12-20-19(24)13-8-9-16-14(10-13)11-21-22-16/h4-11,17H,12H2,1-3H3,(H,20,24)(H,21,22)/t17-/m0/s1. The molecule has 1 amide bonds. The first kappa shape index (κ1) is 17.0. The normalized spacial score (nSPS) is 12.3. The predicted molar refractivity (Wildman–Crippen MR) is 97.8 cm³/mol. The van der Waals surface area contributed by atoms with Crippen molar-refractivity contribution in [1.82, 2.24) is 20.4 Å². The molecular formula is C19H22N4O2. The van der Waals surface area contributed by atoms with Gasteiger partial charge < -0.3 is 15.0 Å². The van der Waals surface area contributed by atoms with Crippen LogP contribution in [0.25, 0.3) is 10.9 Å². The van der Waals surface area contributed by atoms with Crippen LogP contribution in [-0.4, -0.2) is 48.8 Å². The highest BCUT2D eigenvalue weighted by atomic mass is 16.5. The molecule has 25 heavy (non-hydrogen) atoms. The van der Waals surface area contributed by atoms with Crippen molar-refractivity contribution in [3.05, 3.63) is 59.8 Å². The first-order valence-electron chi connectivity index (χ1n) is 8.11. The monoisotopic (exact) mass is 338 g/mol. The maximum absolute atomic E-state index is 12.5. The lowest BCUT2D eigenvalue weighted by molar-refractivity contribution is 0.0941. The number of amides is 1. The fourth-order valence-electron chi connectivity index (χ4n) is 2.89. The third-order valence-electron chi connectivity index (χ3n) is 4.28. The fourth-order valence-corrected chi connectivity index (χ4v) is 2.89. The second-order valence-corrected chi connectivity index (χ2v) is 6.10. The van der Waals surface area contributed by atoms with Gasteiger partial charge in [-0.3, -0.25) is 9.89 Å². The average Bonchev–Trinajstić information content (AvgIpc) is 3.09. The highest BCUT2D eigenvalue weighted by molar-refractivity contribution is 5.97. The van der Waals surface area contributed by atoms with Gasteiger partial charge >= 0.3 is 0 Å². The second kappa shape index (κ2) is 7.36. The largest absolute Gasteiger partial charge is 0.496 e. The summed E-state index contributed by atoms with van der Waals surface area (Å²) in [5.41, 5.74) is 2.57. The summed E-state index contributed by atoms with van der Waals surface area (Å²) in [5, 5.41) is 10.8. The highest BCUT2D eigenvalue weighted by Crippen LogP contribution is 2.27. The summed E-state index contributed by atoms with van der Waals surface area (Å²) >= 11 is 0. The summed E-state index contributed by atoms with van der Waals surface area (Å²) < 4.78 is 5.46. The first-order chi connectivity index (χ1) is 12.1. The second-order valence-electron chi connectivity index (χ2n) is 6.10. The summed E-state index contributed by atoms with van der Waals surface area (Å²) in [6, 6.07) is 13.4. The number of methoxy groups -OCH3 is 1. The molecule has 0 bridgehead atoms. The minimum absolute atomic E-state index is 0.0118. The quantitative estimate of drug-likeness (QED) is 0.725. The van der Waals surface area contributed by atoms with E-state index >= 15 is 0 Å². The van der Waals surface area contributed by atoms with E-state index in [0.29, 0.717) is 12.1 Å². The smallest absolute Gasteiger partial charge is 0.251 e. The van der Waals surface area contributed by atoms with Gasteiger partial charge in [0.05, 0.1) is 24.9 Å². The molecule has 0 spiro atoms. The molecule has 0 saturated heterocycles. The number of H-pyrrole nitrogens is 1. The maximum atomic E-state index is 12.5. The summed E-state index contributed by atoms with van der Waals surface area (Å²) in [6.45, 7) is 0.482. The topological polar surface area (TPSA) is 70.2 Å². The van der Waals surface area contributed by atoms with Crippen LogP contribution in [0.4, 0.5) is 0 Å². The number of carbonyl (C=O) groups is 1. The Morgan fingerprint density at radius 3 is 2.84 bits per heavy atom. The zero-order chi connectivity index (χ0) is 17.8. The van der Waals surface area contributed by atoms with Crippen molar-refractivity contribution in [1.29, 1.82) is 0 Å². The molecule has 6 nitrogen and oxygen atoms in total. The Morgan fingerprint density at radius 1 is 1.28 bits per heavy atom. The van der Waals surface area contributed by atoms with Crippen molar-refractivity contribution in [2.75, 3.05) is 27.7 Å². The van der Waals surface area contributed by atoms with Crippen LogP contribution in [-0.2, 0) is 0 Å². The summed E-state index contributed by atoms with van der Waals surface area (Å²) in [4.78, 5) is 14.6. The van der Waals surface area contributed by atoms with Crippen molar-refractivity contribution in [2.24, 2.45) is 0 Å². The van der Waals surface area contributed by atoms with E-state index in [0.717, 1.165) is 22.2 Å². The third-order valence-corrected chi connectivity index (χ3v) is 4.28. The van der Waals surface area contributed by atoms with Crippen molar-refractivity contribution >= 4 is 16.8 Å². The lowest BCUT2D eigenvalue weighted by Crippen LogP contribution is -2.34. The average molecular weight is 338 g/mol. The molecule has 0 aliphatic carbocycles. The molecule has 3 aromatic rings. The van der Waals surface area contributed by atoms with E-state index in [9.17, 15) is 4.79 Å². The molecular weight excluding hydrogens is 316 g/mol. The van der Waals surface area contributed by atoms with E-state index in [4.69, 9.17) is 4.74 Å². The van der Waals surface area contributed by atoms with Crippen LogP contribution < -0.4 is 10.1 Å². The molecule has 0 saturated carbocycles. The zero-order valence-electron chi connectivity index (χ0n) is 14.6. The molecule has 3 rings (SSSR count). The van der Waals surface area contributed by atoms with Crippen LogP contribution >= 0.6 is 0 Å². The van der Waals surface area contributed by atoms with Crippen molar-refractivity contribution in [2.45, 2.75) is 6.04 Å². The molecule has 0 unspecified atom stereocenters. The number of aromatic amines is 1. The van der Waals surface area contributed by atoms with Crippen LogP contribution in [0, 0.1) is 0 Å². The highest BCUT2D eigenvalue weighted by Gasteiger charge is 2.19. The van der Waals surface area contributed by atoms with E-state index in [1.165, 1.54) is 0 Å². The number of carbonyl (C=O) groups excluding carboxylic acids is 1. The van der Waals surface area contributed by atoms with Gasteiger partial charge in [0.2, 0.25) is 0 Å². The molecule has 0 radical (unpaired) electrons. The van der Waals surface area contributed by atoms with Crippen LogP contribution in [0.2, 0.25) is 0 Å². The predicted octanol–water partition coefficient (Wildman–Crippen LogP) is 2.60. The number of benzene rings is 2. The Hall–Kier alpha value is -2.86. The molecule has 0 aliphatic heterocycles. The molecule has 1 aromatic heterocycles. The molecule has 2 N–H and O–H groups in total. The van der Waals surface area contributed by atoms with Gasteiger partial charge in [0.25, 0.3) is 5.91 Å². The number of ether oxygens (including phenoxy) is 1. The summed E-state index contributed by atoms with van der Waals surface area (Å²) in [5.74, 6) is 0.708. The van der Waals surface area contributed by atoms with E-state index in [2.05, 4.69) is 20.4 Å². The number of aromatic nitrogens is 2. The van der Waals surface area contributed by atoms with Gasteiger partial charge in [-0.1, -0.05) is 18.2 Å². The van der Waals surface area contributed by atoms with Crippen LogP contribution in [0.15, 0.2) is 48.7 Å². The number of hydrogen-bond acceptors (Lipinski definition) is 4.